The maximum absolute atomic E-state index is 15.0. The molecule has 2 aliphatic carbocycles. The predicted octanol–water partition coefficient (Wildman–Crippen LogP) is 15.7. The lowest BCUT2D eigenvalue weighted by Crippen LogP contribution is -2.15. The van der Waals surface area contributed by atoms with Crippen molar-refractivity contribution in [2.45, 2.75) is 44.7 Å². The van der Waals surface area contributed by atoms with Crippen LogP contribution in [0.5, 0.6) is 0 Å². The van der Waals surface area contributed by atoms with Gasteiger partial charge in [-0.15, -0.1) is 0 Å². The number of nitrogens with zero attached hydrogens (tertiary/aromatic N) is 3. The summed E-state index contributed by atoms with van der Waals surface area (Å²) in [5, 5.41) is 4.27. The van der Waals surface area contributed by atoms with Crippen molar-refractivity contribution >= 4 is 49.3 Å². The summed E-state index contributed by atoms with van der Waals surface area (Å²) in [6.07, 6.45) is -4.60. The molecule has 8 aromatic carbocycles. The number of para-hydroxylation sites is 2. The fourth-order valence-electron chi connectivity index (χ4n) is 11.3. The molecule has 0 saturated carbocycles. The Kier molecular flexibility index (Phi) is 7.28. The molecule has 2 aromatic heterocycles. The van der Waals surface area contributed by atoms with Gasteiger partial charge in [0.25, 0.3) is 0 Å². The van der Waals surface area contributed by atoms with Gasteiger partial charge in [-0.3, -0.25) is 0 Å². The van der Waals surface area contributed by atoms with Crippen LogP contribution in [-0.4, -0.2) is 9.13 Å². The van der Waals surface area contributed by atoms with Crippen LogP contribution in [0.1, 0.15) is 55.5 Å². The summed E-state index contributed by atoms with van der Waals surface area (Å²) in [5.74, 6) is 0. The minimum atomic E-state index is -4.60. The van der Waals surface area contributed by atoms with Gasteiger partial charge in [-0.25, -0.2) is 4.85 Å². The van der Waals surface area contributed by atoms with Crippen LogP contribution in [0.2, 0.25) is 0 Å². The average Bonchev–Trinajstić information content (AvgIpc) is 3.94. The molecule has 0 amide bonds. The van der Waals surface area contributed by atoms with E-state index in [1.54, 1.807) is 12.1 Å². The van der Waals surface area contributed by atoms with E-state index in [9.17, 15) is 13.2 Å². The molecule has 0 atom stereocenters. The van der Waals surface area contributed by atoms with E-state index in [0.717, 1.165) is 43.6 Å². The van der Waals surface area contributed by atoms with Gasteiger partial charge < -0.3 is 9.13 Å². The summed E-state index contributed by atoms with van der Waals surface area (Å²) in [6.45, 7) is 17.2. The minimum absolute atomic E-state index is 0.317. The lowest BCUT2D eigenvalue weighted by Gasteiger charge is -2.23. The highest BCUT2D eigenvalue weighted by Crippen LogP contribution is 2.56. The van der Waals surface area contributed by atoms with Crippen LogP contribution in [0, 0.1) is 6.57 Å². The second kappa shape index (κ2) is 12.4. The van der Waals surface area contributed by atoms with E-state index in [4.69, 9.17) is 6.57 Å². The third-order valence-corrected chi connectivity index (χ3v) is 13.9. The van der Waals surface area contributed by atoms with E-state index in [1.165, 1.54) is 56.6 Å². The standard InChI is InChI=1S/C56H38F3N3/c1-54(2)42-18-10-6-14-34(42)37-25-28-47-50(52(37)54)39-16-8-12-20-44(39)61(47)46-27-22-32(56(57,58)59)30-41(46)36-24-23-33(60-5)31-49(36)62-45-21-13-9-17-40(45)51-48(62)29-26-38-35-15-7-11-19-43(35)55(3,4)53(38)51/h6-31H,1-4H3. The van der Waals surface area contributed by atoms with Gasteiger partial charge in [0.2, 0.25) is 0 Å². The van der Waals surface area contributed by atoms with Crippen molar-refractivity contribution in [3.8, 4) is 44.8 Å². The van der Waals surface area contributed by atoms with Crippen molar-refractivity contribution in [2.24, 2.45) is 0 Å². The Morgan fingerprint density at radius 2 is 0.935 bits per heavy atom. The second-order valence-electron chi connectivity index (χ2n) is 17.9. The number of fused-ring (bicyclic) bond motifs is 14. The maximum atomic E-state index is 15.0. The molecule has 0 saturated heterocycles. The van der Waals surface area contributed by atoms with E-state index >= 15 is 0 Å². The fourth-order valence-corrected chi connectivity index (χ4v) is 11.3. The molecule has 0 unspecified atom stereocenters. The Bertz CT molecular complexity index is 3640. The van der Waals surface area contributed by atoms with Crippen molar-refractivity contribution < 1.29 is 13.2 Å². The van der Waals surface area contributed by atoms with Gasteiger partial charge in [-0.2, -0.15) is 13.2 Å². The number of aromatic nitrogens is 2. The Morgan fingerprint density at radius 1 is 0.452 bits per heavy atom. The largest absolute Gasteiger partial charge is 0.416 e. The summed E-state index contributed by atoms with van der Waals surface area (Å²) in [7, 11) is 0. The lowest BCUT2D eigenvalue weighted by atomic mass is 9.80. The van der Waals surface area contributed by atoms with Gasteiger partial charge in [0.05, 0.1) is 39.9 Å². The molecule has 12 rings (SSSR count). The predicted molar refractivity (Wildman–Crippen MR) is 247 cm³/mol. The molecule has 298 valence electrons. The average molecular weight is 810 g/mol. The number of benzene rings is 8. The monoisotopic (exact) mass is 809 g/mol. The molecule has 6 heteroatoms. The first-order valence-electron chi connectivity index (χ1n) is 21.0. The van der Waals surface area contributed by atoms with Gasteiger partial charge in [-0.05, 0) is 93.0 Å². The first-order valence-corrected chi connectivity index (χ1v) is 21.0. The molecule has 0 aliphatic heterocycles. The zero-order valence-corrected chi connectivity index (χ0v) is 34.5. The van der Waals surface area contributed by atoms with Gasteiger partial charge >= 0.3 is 6.18 Å². The quantitative estimate of drug-likeness (QED) is 0.158. The first-order chi connectivity index (χ1) is 29.9. The molecule has 0 spiro atoms. The summed E-state index contributed by atoms with van der Waals surface area (Å²) < 4.78 is 49.3. The lowest BCUT2D eigenvalue weighted by molar-refractivity contribution is -0.137. The smallest absolute Gasteiger partial charge is 0.310 e. The molecule has 62 heavy (non-hydrogen) atoms. The zero-order valence-electron chi connectivity index (χ0n) is 34.5. The number of rotatable bonds is 3. The highest BCUT2D eigenvalue weighted by molar-refractivity contribution is 6.16. The highest BCUT2D eigenvalue weighted by atomic mass is 19.4. The van der Waals surface area contributed by atoms with Crippen molar-refractivity contribution in [2.75, 3.05) is 0 Å². The number of alkyl halides is 3. The van der Waals surface area contributed by atoms with E-state index in [2.05, 4.69) is 139 Å². The zero-order chi connectivity index (χ0) is 42.4. The first kappa shape index (κ1) is 36.5. The normalized spacial score (nSPS) is 14.6. The van der Waals surface area contributed by atoms with E-state index in [0.29, 0.717) is 28.2 Å². The van der Waals surface area contributed by atoms with Crippen LogP contribution < -0.4 is 0 Å². The van der Waals surface area contributed by atoms with Crippen molar-refractivity contribution in [3.63, 3.8) is 0 Å². The maximum Gasteiger partial charge on any atom is 0.416 e. The topological polar surface area (TPSA) is 14.2 Å². The van der Waals surface area contributed by atoms with Gasteiger partial charge in [0, 0.05) is 49.2 Å². The minimum Gasteiger partial charge on any atom is -0.310 e. The summed E-state index contributed by atoms with van der Waals surface area (Å²) >= 11 is 0. The molecule has 0 N–H and O–H groups in total. The summed E-state index contributed by atoms with van der Waals surface area (Å²) in [5.41, 5.74) is 14.6. The molecule has 3 nitrogen and oxygen atoms in total. The van der Waals surface area contributed by atoms with E-state index < -0.39 is 11.7 Å². The fraction of sp³-hybridized carbons (Fsp3) is 0.125. The van der Waals surface area contributed by atoms with Crippen molar-refractivity contribution in [1.29, 1.82) is 0 Å². The Hall–Kier alpha value is -7.36. The van der Waals surface area contributed by atoms with Crippen LogP contribution in [0.15, 0.2) is 158 Å². The van der Waals surface area contributed by atoms with E-state index in [1.807, 2.05) is 36.4 Å². The van der Waals surface area contributed by atoms with Crippen LogP contribution in [0.4, 0.5) is 18.9 Å². The molecular formula is C56H38F3N3. The summed E-state index contributed by atoms with van der Waals surface area (Å²) in [6, 6.07) is 51.7. The second-order valence-corrected chi connectivity index (χ2v) is 17.9. The van der Waals surface area contributed by atoms with Gasteiger partial charge in [0.1, 0.15) is 0 Å². The highest BCUT2D eigenvalue weighted by Gasteiger charge is 2.40. The van der Waals surface area contributed by atoms with E-state index in [-0.39, 0.29) is 10.8 Å². The Morgan fingerprint density at radius 3 is 1.47 bits per heavy atom. The molecule has 0 bridgehead atoms. The molecular weight excluding hydrogens is 772 g/mol. The SMILES string of the molecule is [C-]#[N+]c1ccc(-c2cc(C(F)(F)F)ccc2-n2c3ccccc3c3c4c(ccc32)-c2ccccc2C4(C)C)c(-n2c3ccccc3c3c4c(ccc32)-c2ccccc2C4(C)C)c1. The molecule has 0 radical (unpaired) electrons. The van der Waals surface area contributed by atoms with Crippen molar-refractivity contribution in [3.05, 3.63) is 197 Å². The van der Waals surface area contributed by atoms with Crippen LogP contribution in [0.3, 0.4) is 0 Å². The molecule has 0 fully saturated rings. The Balaban J connectivity index is 1.19. The molecule has 10 aromatic rings. The number of hydrogen-bond acceptors (Lipinski definition) is 0. The van der Waals surface area contributed by atoms with Crippen LogP contribution in [0.25, 0.3) is 93.2 Å². The van der Waals surface area contributed by atoms with Crippen molar-refractivity contribution in [1.82, 2.24) is 9.13 Å². The molecule has 2 heterocycles. The van der Waals surface area contributed by atoms with Crippen LogP contribution in [-0.2, 0) is 17.0 Å². The summed E-state index contributed by atoms with van der Waals surface area (Å²) in [4.78, 5) is 3.87. The molecule has 2 aliphatic rings. The third-order valence-electron chi connectivity index (χ3n) is 13.9. The van der Waals surface area contributed by atoms with Crippen LogP contribution >= 0.6 is 0 Å². The van der Waals surface area contributed by atoms with Gasteiger partial charge in [-0.1, -0.05) is 137 Å². The Labute approximate surface area is 356 Å². The van der Waals surface area contributed by atoms with Gasteiger partial charge in [0.15, 0.2) is 5.69 Å². The number of hydrogen-bond donors (Lipinski definition) is 0. The number of halogens is 3. The third kappa shape index (κ3) is 4.71.